The van der Waals surface area contributed by atoms with E-state index in [1.807, 2.05) is 0 Å². The average molecular weight is 1510 g/mol. The summed E-state index contributed by atoms with van der Waals surface area (Å²) in [6.45, 7) is 0.768. The smallest absolute Gasteiger partial charge is 0.303 e. The molecule has 3 aliphatic rings. The van der Waals surface area contributed by atoms with E-state index in [2.05, 4.69) is 77.8 Å². The number of primary amides is 3. The van der Waals surface area contributed by atoms with E-state index in [0.717, 1.165) is 0 Å². The highest BCUT2D eigenvalue weighted by molar-refractivity contribution is 6.02. The first-order chi connectivity index (χ1) is 52.1. The number of carboxylic acid groups (broad SMARTS) is 1. The monoisotopic (exact) mass is 1510 g/mol. The van der Waals surface area contributed by atoms with Crippen LogP contribution in [0, 0.1) is 0 Å². The zero-order valence-electron chi connectivity index (χ0n) is 59.9. The standard InChI is InChI=1S/C71H96N24O14/c72-18-4-1-7-51(90-62(101)48(75)27-57(78)96)65(104)93-54(24-39-30-81-33-84-39)68(107)87-36-10-13-42-45(21-36)71(17-16-60(99)100)46-22-37(88-69(108)55(25-40-31-82-34-85-40)94-66(105)52(8-2-5-19-73)91-63(102)49(76)28-58(79)97)11-14-43(46)61(42)44-15-12-38(23-47(44)71)89-70(109)56(26-41-32-83-35-86-41)95-67(106)53(9-3-6-20-74)92-64(103)50(77)29-59(80)98/h10-15,21-23,30-35,48-56,61H,1-9,16-20,24-29,72-77H2,(H2,78,96)(H2,79,97)(H2,80,98)(H,81,84)(H,82,85)(H,83,86)(H,87,107)(H,88,108)(H,89,109)(H,90,101)(H,91,102)(H,92,103)(H,93,104)(H,94,105)(H,95,106)(H,99,100)/t48-,49-,50-,51-,52-,53-,54-,55-,56-,61?,71?/m0/s1. The van der Waals surface area contributed by atoms with Gasteiger partial charge in [-0.3, -0.25) is 62.3 Å². The molecule has 12 amide bonds. The molecule has 3 heterocycles. The van der Waals surface area contributed by atoms with Crippen LogP contribution in [0.4, 0.5) is 17.1 Å². The van der Waals surface area contributed by atoms with Crippen LogP contribution in [-0.2, 0) is 87.0 Å². The molecule has 9 atom stereocenters. The van der Waals surface area contributed by atoms with Crippen molar-refractivity contribution >= 4 is 93.9 Å². The van der Waals surface area contributed by atoms with E-state index in [0.29, 0.717) is 89.0 Å². The molecule has 3 aromatic heterocycles. The van der Waals surface area contributed by atoms with Crippen molar-refractivity contribution in [1.29, 1.82) is 0 Å². The van der Waals surface area contributed by atoms with Gasteiger partial charge in [-0.05, 0) is 154 Å². The number of aromatic amines is 3. The van der Waals surface area contributed by atoms with Crippen LogP contribution >= 0.6 is 0 Å². The molecule has 3 aliphatic carbocycles. The summed E-state index contributed by atoms with van der Waals surface area (Å²) in [7, 11) is 0. The van der Waals surface area contributed by atoms with Crippen molar-refractivity contribution in [2.24, 2.45) is 51.6 Å². The first-order valence-corrected chi connectivity index (χ1v) is 35.7. The third-order valence-electron chi connectivity index (χ3n) is 18.8. The van der Waals surface area contributed by atoms with Gasteiger partial charge in [0.1, 0.15) is 36.3 Å². The number of nitrogens with one attached hydrogen (secondary N) is 12. The summed E-state index contributed by atoms with van der Waals surface area (Å²) in [5.74, 6) is -11.8. The van der Waals surface area contributed by atoms with Crippen LogP contribution < -0.4 is 99.5 Å². The second-order valence-corrected chi connectivity index (χ2v) is 27.0. The van der Waals surface area contributed by atoms with E-state index < -0.39 is 168 Å². The van der Waals surface area contributed by atoms with Crippen molar-refractivity contribution < 1.29 is 67.4 Å². The number of H-pyrrole nitrogens is 3. The Morgan fingerprint density at radius 3 is 0.936 bits per heavy atom. The molecule has 0 fully saturated rings. The first kappa shape index (κ1) is 82.8. The number of nitrogens with zero attached hydrogens (tertiary/aromatic N) is 3. The van der Waals surface area contributed by atoms with Crippen LogP contribution in [0.3, 0.4) is 0 Å². The number of aromatic nitrogens is 6. The predicted molar refractivity (Wildman–Crippen MR) is 395 cm³/mol. The number of imidazole rings is 3. The molecule has 0 radical (unpaired) electrons. The number of rotatable bonds is 45. The summed E-state index contributed by atoms with van der Waals surface area (Å²) < 4.78 is 0. The van der Waals surface area contributed by atoms with Gasteiger partial charge < -0.3 is 120 Å². The van der Waals surface area contributed by atoms with E-state index in [1.54, 1.807) is 54.6 Å². The van der Waals surface area contributed by atoms with Gasteiger partial charge in [0.15, 0.2) is 0 Å². The van der Waals surface area contributed by atoms with Gasteiger partial charge in [0.25, 0.3) is 0 Å². The molecule has 109 heavy (non-hydrogen) atoms. The van der Waals surface area contributed by atoms with Crippen LogP contribution in [0.25, 0.3) is 0 Å². The largest absolute Gasteiger partial charge is 0.481 e. The fourth-order valence-electron chi connectivity index (χ4n) is 13.4. The number of anilines is 3. The van der Waals surface area contributed by atoms with E-state index >= 15 is 14.4 Å². The lowest BCUT2D eigenvalue weighted by Gasteiger charge is -2.51. The SMILES string of the molecule is NCCCC[C@H](NC(=O)[C@@H](N)CC(N)=O)C(=O)N[C@@H](Cc1c[nH]cn1)C(=O)Nc1ccc2c(c1)C1(CCC(=O)O)c3cc(NC(=O)[C@H](Cc4c[nH]cn4)NC(=O)[C@H](CCCCN)NC(=O)[C@@H](N)CC(N)=O)ccc3C2c2ccc(NC(=O)[C@H](Cc3c[nH]cn3)NC(=O)[C@H](CCCCN)NC(=O)[C@@H](N)CC(N)=O)cc21. The Morgan fingerprint density at radius 2 is 0.688 bits per heavy atom. The summed E-state index contributed by atoms with van der Waals surface area (Å²) in [5.41, 5.74) is 54.4. The molecule has 0 spiro atoms. The number of amides is 12. The van der Waals surface area contributed by atoms with Crippen LogP contribution in [-0.4, -0.2) is 186 Å². The van der Waals surface area contributed by atoms with Gasteiger partial charge >= 0.3 is 5.97 Å². The number of hydrogen-bond acceptors (Lipinski definition) is 22. The maximum absolute atomic E-state index is 15.0. The van der Waals surface area contributed by atoms with E-state index in [1.165, 1.54) is 37.6 Å². The highest BCUT2D eigenvalue weighted by atomic mass is 16.4. The third kappa shape index (κ3) is 22.4. The second-order valence-electron chi connectivity index (χ2n) is 27.0. The summed E-state index contributed by atoms with van der Waals surface area (Å²) in [6.07, 6.45) is 8.33. The molecule has 3 aromatic carbocycles. The van der Waals surface area contributed by atoms with E-state index in [-0.39, 0.29) is 81.6 Å². The summed E-state index contributed by atoms with van der Waals surface area (Å²) in [5, 5.41) is 35.6. The van der Waals surface area contributed by atoms with Crippen molar-refractivity contribution in [2.75, 3.05) is 35.6 Å². The number of carbonyl (C=O) groups is 13. The minimum Gasteiger partial charge on any atom is -0.481 e. The number of nitrogens with two attached hydrogens (primary N) is 9. The number of hydrogen-bond donors (Lipinski definition) is 22. The zero-order chi connectivity index (χ0) is 79.1. The van der Waals surface area contributed by atoms with E-state index in [9.17, 15) is 53.1 Å². The summed E-state index contributed by atoms with van der Waals surface area (Å²) in [4.78, 5) is 198. The number of unbranched alkanes of at least 4 members (excludes halogenated alkanes) is 3. The van der Waals surface area contributed by atoms with Gasteiger partial charge in [0.2, 0.25) is 70.9 Å². The lowest BCUT2D eigenvalue weighted by atomic mass is 9.51. The van der Waals surface area contributed by atoms with Gasteiger partial charge in [0.05, 0.1) is 73.5 Å². The molecule has 0 saturated carbocycles. The summed E-state index contributed by atoms with van der Waals surface area (Å²) in [6, 6.07) is 2.90. The van der Waals surface area contributed by atoms with Crippen molar-refractivity contribution in [3.63, 3.8) is 0 Å². The Kier molecular flexibility index (Phi) is 29.7. The molecule has 0 aliphatic heterocycles. The summed E-state index contributed by atoms with van der Waals surface area (Å²) >= 11 is 0. The minimum atomic E-state index is -1.59. The molecule has 31 N–H and O–H groups in total. The van der Waals surface area contributed by atoms with Gasteiger partial charge in [-0.15, -0.1) is 0 Å². The fraction of sp³-hybridized carbons (Fsp3) is 0.437. The van der Waals surface area contributed by atoms with Crippen molar-refractivity contribution in [3.05, 3.63) is 143 Å². The quantitative estimate of drug-likeness (QED) is 0.0164. The van der Waals surface area contributed by atoms with Crippen LogP contribution in [0.1, 0.15) is 146 Å². The Balaban J connectivity index is 1.22. The average Bonchev–Trinajstić information content (AvgIpc) is 0.799. The Morgan fingerprint density at radius 1 is 0.404 bits per heavy atom. The van der Waals surface area contributed by atoms with Gasteiger partial charge in [-0.25, -0.2) is 15.0 Å². The topological polar surface area (TPSA) is 671 Å². The zero-order valence-corrected chi connectivity index (χ0v) is 59.9. The van der Waals surface area contributed by atoms with Crippen molar-refractivity contribution in [3.8, 4) is 0 Å². The molecule has 584 valence electrons. The normalized spacial score (nSPS) is 16.2. The molecule has 0 unspecified atom stereocenters. The lowest BCUT2D eigenvalue weighted by molar-refractivity contribution is -0.137. The molecular weight excluding hydrogens is 1410 g/mol. The van der Waals surface area contributed by atoms with Gasteiger partial charge in [-0.1, -0.05) is 18.2 Å². The minimum absolute atomic E-state index is 0.0490. The third-order valence-corrected chi connectivity index (χ3v) is 18.8. The number of aliphatic carboxylic acids is 1. The lowest BCUT2D eigenvalue weighted by Crippen LogP contribution is -2.56. The molecule has 2 bridgehead atoms. The highest BCUT2D eigenvalue weighted by Gasteiger charge is 2.52. The molecule has 38 heteroatoms. The molecule has 38 nitrogen and oxygen atoms in total. The van der Waals surface area contributed by atoms with Crippen LogP contribution in [0.2, 0.25) is 0 Å². The van der Waals surface area contributed by atoms with Crippen LogP contribution in [0.5, 0.6) is 0 Å². The maximum atomic E-state index is 15.0. The van der Waals surface area contributed by atoms with Crippen molar-refractivity contribution in [1.82, 2.24) is 61.8 Å². The molecular formula is C71H96N24O14. The first-order valence-electron chi connectivity index (χ1n) is 35.7. The fourth-order valence-corrected chi connectivity index (χ4v) is 13.4. The number of carbonyl (C=O) groups excluding carboxylic acids is 12. The van der Waals surface area contributed by atoms with Gasteiger partial charge in [-0.2, -0.15) is 0 Å². The maximum Gasteiger partial charge on any atom is 0.303 e. The Bertz CT molecular complexity index is 3820. The highest BCUT2D eigenvalue weighted by Crippen LogP contribution is 2.62. The van der Waals surface area contributed by atoms with Crippen molar-refractivity contribution in [2.45, 2.75) is 175 Å². The number of benzene rings is 3. The van der Waals surface area contributed by atoms with E-state index in [4.69, 9.17) is 51.6 Å². The van der Waals surface area contributed by atoms with Gasteiger partial charge in [0, 0.05) is 72.7 Å². The molecule has 0 saturated heterocycles. The second kappa shape index (κ2) is 39.1. The molecule has 6 aromatic rings. The Labute approximate surface area is 625 Å². The van der Waals surface area contributed by atoms with Crippen LogP contribution in [0.15, 0.2) is 92.2 Å². The Hall–Kier alpha value is -11.8. The predicted octanol–water partition coefficient (Wildman–Crippen LogP) is -3.69. The number of carboxylic acids is 1. The molecule has 9 rings (SSSR count).